The highest BCUT2D eigenvalue weighted by Crippen LogP contribution is 2.39. The Hall–Kier alpha value is -0.130. The Labute approximate surface area is 105 Å². The van der Waals surface area contributed by atoms with Crippen molar-refractivity contribution >= 4 is 10.0 Å². The quantitative estimate of drug-likeness (QED) is 0.646. The molecule has 0 aliphatic heterocycles. The summed E-state index contributed by atoms with van der Waals surface area (Å²) in [6.45, 7) is 4.80. The van der Waals surface area contributed by atoms with Crippen molar-refractivity contribution in [1.29, 1.82) is 0 Å². The van der Waals surface area contributed by atoms with E-state index in [4.69, 9.17) is 0 Å². The highest BCUT2D eigenvalue weighted by Gasteiger charge is 2.40. The molecule has 2 aliphatic rings. The third kappa shape index (κ3) is 4.56. The largest absolute Gasteiger partial charge is 0.314 e. The first-order valence-corrected chi connectivity index (χ1v) is 8.29. The van der Waals surface area contributed by atoms with Crippen molar-refractivity contribution in [2.45, 2.75) is 57.5 Å². The smallest absolute Gasteiger partial charge is 0.212 e. The molecule has 0 saturated heterocycles. The van der Waals surface area contributed by atoms with Crippen LogP contribution in [0.3, 0.4) is 0 Å². The molecule has 4 nitrogen and oxygen atoms in total. The topological polar surface area (TPSA) is 58.2 Å². The van der Waals surface area contributed by atoms with Gasteiger partial charge in [-0.2, -0.15) is 0 Å². The minimum absolute atomic E-state index is 0.239. The number of hydrogen-bond donors (Lipinski definition) is 2. The zero-order chi connectivity index (χ0) is 12.5. The molecule has 100 valence electrons. The van der Waals surface area contributed by atoms with Crippen LogP contribution < -0.4 is 10.0 Å². The maximum Gasteiger partial charge on any atom is 0.212 e. The van der Waals surface area contributed by atoms with Crippen molar-refractivity contribution in [2.75, 3.05) is 12.3 Å². The summed E-state index contributed by atoms with van der Waals surface area (Å²) in [5, 5.41) is 3.33. The molecule has 0 unspecified atom stereocenters. The minimum Gasteiger partial charge on any atom is -0.314 e. The van der Waals surface area contributed by atoms with Gasteiger partial charge >= 0.3 is 0 Å². The SMILES string of the molecule is CC(C)(NS(=O)(=O)CCCNC1CC1)C1CC1. The molecule has 2 rings (SSSR count). The number of hydrogen-bond acceptors (Lipinski definition) is 3. The van der Waals surface area contributed by atoms with E-state index in [0.717, 1.165) is 19.4 Å². The van der Waals surface area contributed by atoms with Gasteiger partial charge in [0.2, 0.25) is 10.0 Å². The van der Waals surface area contributed by atoms with E-state index in [0.29, 0.717) is 18.4 Å². The zero-order valence-corrected chi connectivity index (χ0v) is 11.6. The second-order valence-electron chi connectivity index (χ2n) is 6.00. The molecule has 0 aromatic carbocycles. The van der Waals surface area contributed by atoms with E-state index >= 15 is 0 Å². The first-order valence-electron chi connectivity index (χ1n) is 6.64. The fraction of sp³-hybridized carbons (Fsp3) is 1.00. The Morgan fingerprint density at radius 3 is 2.35 bits per heavy atom. The Balaban J connectivity index is 1.69. The highest BCUT2D eigenvalue weighted by molar-refractivity contribution is 7.89. The Kier molecular flexibility index (Phi) is 3.80. The van der Waals surface area contributed by atoms with Crippen LogP contribution in [0, 0.1) is 5.92 Å². The molecule has 0 bridgehead atoms. The van der Waals surface area contributed by atoms with Gasteiger partial charge in [0, 0.05) is 11.6 Å². The summed E-state index contributed by atoms with van der Waals surface area (Å²) < 4.78 is 26.6. The van der Waals surface area contributed by atoms with Crippen LogP contribution in [0.5, 0.6) is 0 Å². The van der Waals surface area contributed by atoms with E-state index in [-0.39, 0.29) is 11.3 Å². The van der Waals surface area contributed by atoms with Gasteiger partial charge in [-0.1, -0.05) is 0 Å². The molecule has 0 aromatic rings. The summed E-state index contributed by atoms with van der Waals surface area (Å²) in [7, 11) is -3.11. The second kappa shape index (κ2) is 4.86. The fourth-order valence-electron chi connectivity index (χ4n) is 2.20. The first kappa shape index (κ1) is 13.3. The van der Waals surface area contributed by atoms with Crippen molar-refractivity contribution in [3.05, 3.63) is 0 Å². The molecule has 0 aromatic heterocycles. The third-order valence-electron chi connectivity index (χ3n) is 3.62. The van der Waals surface area contributed by atoms with Gasteiger partial charge in [0.25, 0.3) is 0 Å². The first-order chi connectivity index (χ1) is 7.89. The van der Waals surface area contributed by atoms with Crippen LogP contribution in [-0.2, 0) is 10.0 Å². The van der Waals surface area contributed by atoms with Crippen molar-refractivity contribution in [3.8, 4) is 0 Å². The van der Waals surface area contributed by atoms with E-state index in [1.807, 2.05) is 13.8 Å². The summed E-state index contributed by atoms with van der Waals surface area (Å²) >= 11 is 0. The lowest BCUT2D eigenvalue weighted by Gasteiger charge is -2.25. The molecule has 2 aliphatic carbocycles. The van der Waals surface area contributed by atoms with Crippen LogP contribution in [0.2, 0.25) is 0 Å². The molecule has 5 heteroatoms. The van der Waals surface area contributed by atoms with Crippen molar-refractivity contribution < 1.29 is 8.42 Å². The van der Waals surface area contributed by atoms with Crippen LogP contribution in [0.1, 0.15) is 46.0 Å². The van der Waals surface area contributed by atoms with Gasteiger partial charge in [0.15, 0.2) is 0 Å². The van der Waals surface area contributed by atoms with Crippen LogP contribution in [0.4, 0.5) is 0 Å². The van der Waals surface area contributed by atoms with E-state index in [1.165, 1.54) is 12.8 Å². The molecule has 0 heterocycles. The van der Waals surface area contributed by atoms with Gasteiger partial charge in [-0.25, -0.2) is 13.1 Å². The zero-order valence-electron chi connectivity index (χ0n) is 10.8. The van der Waals surface area contributed by atoms with Gasteiger partial charge < -0.3 is 5.32 Å². The van der Waals surface area contributed by atoms with Gasteiger partial charge in [0.1, 0.15) is 0 Å². The molecule has 0 spiro atoms. The summed E-state index contributed by atoms with van der Waals surface area (Å²) in [6, 6.07) is 0.661. The van der Waals surface area contributed by atoms with E-state index in [9.17, 15) is 8.42 Å². The summed E-state index contributed by atoms with van der Waals surface area (Å²) in [6.07, 6.45) is 5.50. The maximum atomic E-state index is 11.9. The van der Waals surface area contributed by atoms with Crippen LogP contribution >= 0.6 is 0 Å². The standard InChI is InChI=1S/C12H24N2O2S/c1-12(2,10-4-5-10)14-17(15,16)9-3-8-13-11-6-7-11/h10-11,13-14H,3-9H2,1-2H3. The highest BCUT2D eigenvalue weighted by atomic mass is 32.2. The van der Waals surface area contributed by atoms with Crippen LogP contribution in [-0.4, -0.2) is 32.3 Å². The average Bonchev–Trinajstić information content (AvgIpc) is 2.98. The number of sulfonamides is 1. The Morgan fingerprint density at radius 2 is 1.82 bits per heavy atom. The molecule has 2 fully saturated rings. The lowest BCUT2D eigenvalue weighted by atomic mass is 10.0. The van der Waals surface area contributed by atoms with Crippen LogP contribution in [0.25, 0.3) is 0 Å². The van der Waals surface area contributed by atoms with Crippen molar-refractivity contribution in [1.82, 2.24) is 10.0 Å². The molecule has 0 amide bonds. The summed E-state index contributed by atoms with van der Waals surface area (Å²) in [4.78, 5) is 0. The predicted molar refractivity (Wildman–Crippen MR) is 69.4 cm³/mol. The summed E-state index contributed by atoms with van der Waals surface area (Å²) in [5.41, 5.74) is -0.261. The Bertz CT molecular complexity index is 357. The molecule has 0 radical (unpaired) electrons. The van der Waals surface area contributed by atoms with E-state index in [2.05, 4.69) is 10.0 Å². The van der Waals surface area contributed by atoms with Crippen molar-refractivity contribution in [3.63, 3.8) is 0 Å². The fourth-order valence-corrected chi connectivity index (χ4v) is 3.79. The average molecular weight is 260 g/mol. The van der Waals surface area contributed by atoms with Gasteiger partial charge in [-0.15, -0.1) is 0 Å². The molecular formula is C12H24N2O2S. The van der Waals surface area contributed by atoms with Gasteiger partial charge in [-0.05, 0) is 58.4 Å². The lowest BCUT2D eigenvalue weighted by Crippen LogP contribution is -2.46. The second-order valence-corrected chi connectivity index (χ2v) is 7.84. The van der Waals surface area contributed by atoms with E-state index in [1.54, 1.807) is 0 Å². The van der Waals surface area contributed by atoms with Crippen molar-refractivity contribution in [2.24, 2.45) is 5.92 Å². The number of nitrogens with one attached hydrogen (secondary N) is 2. The number of rotatable bonds is 8. The third-order valence-corrected chi connectivity index (χ3v) is 5.28. The Morgan fingerprint density at radius 1 is 1.18 bits per heavy atom. The molecule has 17 heavy (non-hydrogen) atoms. The molecular weight excluding hydrogens is 236 g/mol. The minimum atomic E-state index is -3.11. The normalized spacial score (nSPS) is 21.8. The molecule has 0 atom stereocenters. The molecule has 2 N–H and O–H groups in total. The van der Waals surface area contributed by atoms with E-state index < -0.39 is 10.0 Å². The monoisotopic (exact) mass is 260 g/mol. The summed E-state index contributed by atoms with van der Waals surface area (Å²) in [5.74, 6) is 0.768. The van der Waals surface area contributed by atoms with Gasteiger partial charge in [0.05, 0.1) is 5.75 Å². The predicted octanol–water partition coefficient (Wildman–Crippen LogP) is 1.24. The van der Waals surface area contributed by atoms with Gasteiger partial charge in [-0.3, -0.25) is 0 Å². The van der Waals surface area contributed by atoms with Crippen LogP contribution in [0.15, 0.2) is 0 Å². The lowest BCUT2D eigenvalue weighted by molar-refractivity contribution is 0.400. The maximum absolute atomic E-state index is 11.9. The molecule has 2 saturated carbocycles.